The van der Waals surface area contributed by atoms with Crippen LogP contribution in [0.4, 0.5) is 0 Å². The zero-order valence-electron chi connectivity index (χ0n) is 39.6. The van der Waals surface area contributed by atoms with E-state index in [2.05, 4.69) is 54.7 Å². The lowest BCUT2D eigenvalue weighted by Crippen LogP contribution is -2.30. The van der Waals surface area contributed by atoms with Crippen molar-refractivity contribution < 1.29 is 42.1 Å². The van der Waals surface area contributed by atoms with Gasteiger partial charge in [0, 0.05) is 6.07 Å². The molecule has 3 unspecified atom stereocenters. The van der Waals surface area contributed by atoms with E-state index in [1.165, 1.54) is 0 Å². The molecule has 0 amide bonds. The van der Waals surface area contributed by atoms with E-state index in [0.29, 0.717) is 61.5 Å². The predicted octanol–water partition coefficient (Wildman–Crippen LogP) is 14.6. The van der Waals surface area contributed by atoms with Crippen LogP contribution in [0.15, 0.2) is 30.4 Å². The van der Waals surface area contributed by atoms with E-state index in [4.69, 9.17) is 28.0 Å². The van der Waals surface area contributed by atoms with Gasteiger partial charge < -0.3 is 23.5 Å². The first-order chi connectivity index (χ1) is 29.0. The Morgan fingerprint density at radius 1 is 0.517 bits per heavy atom. The fourth-order valence-corrected chi connectivity index (χ4v) is 8.67. The molecule has 0 bridgehead atoms. The quantitative estimate of drug-likeness (QED) is 0.0361. The summed E-state index contributed by atoms with van der Waals surface area (Å²) in [6, 6.07) is 1.67. The van der Waals surface area contributed by atoms with E-state index in [1.54, 1.807) is 19.9 Å². The van der Waals surface area contributed by atoms with E-state index in [0.717, 1.165) is 128 Å². The van der Waals surface area contributed by atoms with Crippen LogP contribution in [-0.2, 0) is 23.2 Å². The first-order valence-corrected chi connectivity index (χ1v) is 25.6. The van der Waals surface area contributed by atoms with Crippen molar-refractivity contribution in [3.63, 3.8) is 0 Å². The van der Waals surface area contributed by atoms with E-state index < -0.39 is 19.8 Å². The highest BCUT2D eigenvalue weighted by Gasteiger charge is 2.41. The van der Waals surface area contributed by atoms with Crippen LogP contribution >= 0.6 is 7.60 Å². The molecule has 0 saturated heterocycles. The van der Waals surface area contributed by atoms with Gasteiger partial charge in [0.05, 0.1) is 26.4 Å². The van der Waals surface area contributed by atoms with Crippen molar-refractivity contribution in [1.29, 1.82) is 0 Å². The summed E-state index contributed by atoms with van der Waals surface area (Å²) in [5, 5.41) is 0.107. The Balaban J connectivity index is 4.39. The Hall–Kier alpha value is -2.61. The molecule has 0 radical (unpaired) electrons. The van der Waals surface area contributed by atoms with Crippen LogP contribution in [0.5, 0.6) is 23.0 Å². The maximum atomic E-state index is 15.9. The van der Waals surface area contributed by atoms with Crippen LogP contribution in [-0.4, -0.2) is 50.2 Å². The van der Waals surface area contributed by atoms with Crippen LogP contribution in [0.25, 0.3) is 0 Å². The lowest BCUT2D eigenvalue weighted by atomic mass is 10.0. The highest BCUT2D eigenvalue weighted by molar-refractivity contribution is 7.62. The highest BCUT2D eigenvalue weighted by Crippen LogP contribution is 2.57. The molecule has 1 aromatic rings. The summed E-state index contributed by atoms with van der Waals surface area (Å²) >= 11 is 0. The summed E-state index contributed by atoms with van der Waals surface area (Å²) in [6.45, 7) is 25.3. The summed E-state index contributed by atoms with van der Waals surface area (Å²) in [5.74, 6) is 0.349. The number of carbonyl (C=O) groups is 2. The van der Waals surface area contributed by atoms with Gasteiger partial charge in [-0.15, -0.1) is 0 Å². The zero-order valence-corrected chi connectivity index (χ0v) is 40.5. The zero-order chi connectivity index (χ0) is 44.6. The molecule has 0 aliphatic rings. The van der Waals surface area contributed by atoms with E-state index in [1.807, 2.05) is 0 Å². The Labute approximate surface area is 367 Å². The minimum atomic E-state index is -4.40. The molecule has 0 heterocycles. The van der Waals surface area contributed by atoms with Gasteiger partial charge in [-0.2, -0.15) is 0 Å². The fraction of sp³-hybridized carbons (Fsp3) is 0.760. The number of benzene rings is 1. The number of hydrogen-bond acceptors (Lipinski definition) is 9. The number of carbonyl (C=O) groups excluding carboxylic acids is 2. The topological polar surface area (TPSA) is 107 Å². The van der Waals surface area contributed by atoms with Gasteiger partial charge in [-0.3, -0.25) is 18.7 Å². The first kappa shape index (κ1) is 55.4. The van der Waals surface area contributed by atoms with Gasteiger partial charge in [-0.1, -0.05) is 164 Å². The van der Waals surface area contributed by atoms with E-state index in [9.17, 15) is 9.59 Å². The molecule has 0 N–H and O–H groups in total. The molecule has 0 fully saturated rings. The molecule has 346 valence electrons. The molecular formula is C50H87O9P. The second kappa shape index (κ2) is 33.9. The highest BCUT2D eigenvalue weighted by atomic mass is 31.2. The van der Waals surface area contributed by atoms with Crippen molar-refractivity contribution in [3.05, 3.63) is 30.4 Å². The number of ketones is 2. The molecule has 3 atom stereocenters. The van der Waals surface area contributed by atoms with Crippen molar-refractivity contribution in [1.82, 2.24) is 0 Å². The van der Waals surface area contributed by atoms with Gasteiger partial charge in [-0.25, -0.2) is 0 Å². The molecule has 0 spiro atoms. The molecule has 10 heteroatoms. The van der Waals surface area contributed by atoms with E-state index >= 15 is 4.57 Å². The Kier molecular flexibility index (Phi) is 31.3. The maximum Gasteiger partial charge on any atom is 0.366 e. The lowest BCUT2D eigenvalue weighted by molar-refractivity contribution is -0.123. The van der Waals surface area contributed by atoms with Crippen molar-refractivity contribution in [2.24, 2.45) is 0 Å². The minimum Gasteiger partial charge on any atom is -0.490 e. The summed E-state index contributed by atoms with van der Waals surface area (Å²) in [5.41, 5.74) is 0.695. The second-order valence-electron chi connectivity index (χ2n) is 16.5. The largest absolute Gasteiger partial charge is 0.490 e. The Morgan fingerprint density at radius 2 is 0.917 bits per heavy atom. The average Bonchev–Trinajstić information content (AvgIpc) is 3.22. The average molecular weight is 863 g/mol. The van der Waals surface area contributed by atoms with Gasteiger partial charge in [0.2, 0.25) is 11.5 Å². The smallest absolute Gasteiger partial charge is 0.366 e. The third-order valence-electron chi connectivity index (χ3n) is 10.5. The SMILES string of the molecule is C=C(C)C(=O)C(CCCCC)Oc1c(OCCCCCC)c(OCCCCCC)cc(P(=O)(OCCCCCC)OC(CCCCC)C(=O)C(=C)C)c1OCCCCCC. The normalized spacial score (nSPS) is 13.3. The molecule has 9 nitrogen and oxygen atoms in total. The summed E-state index contributed by atoms with van der Waals surface area (Å²) in [6.07, 6.45) is 19.2. The fourth-order valence-electron chi connectivity index (χ4n) is 6.76. The minimum absolute atomic E-state index is 0.107. The number of Topliss-reactive ketones (excluding diaryl/α,β-unsaturated/α-hetero) is 2. The van der Waals surface area contributed by atoms with Crippen molar-refractivity contribution in [3.8, 4) is 23.0 Å². The van der Waals surface area contributed by atoms with Gasteiger partial charge >= 0.3 is 7.60 Å². The van der Waals surface area contributed by atoms with Crippen LogP contribution in [0.3, 0.4) is 0 Å². The summed E-state index contributed by atoms with van der Waals surface area (Å²) in [7, 11) is -4.40. The molecule has 0 aromatic heterocycles. The molecule has 1 rings (SSSR count). The lowest BCUT2D eigenvalue weighted by Gasteiger charge is -2.29. The number of ether oxygens (including phenoxy) is 4. The van der Waals surface area contributed by atoms with Gasteiger partial charge in [0.15, 0.2) is 29.2 Å². The van der Waals surface area contributed by atoms with E-state index in [-0.39, 0.29) is 41.6 Å². The Morgan fingerprint density at radius 3 is 1.38 bits per heavy atom. The third-order valence-corrected chi connectivity index (χ3v) is 12.5. The molecular weight excluding hydrogens is 776 g/mol. The predicted molar refractivity (Wildman–Crippen MR) is 250 cm³/mol. The monoisotopic (exact) mass is 863 g/mol. The molecule has 60 heavy (non-hydrogen) atoms. The summed E-state index contributed by atoms with van der Waals surface area (Å²) < 4.78 is 55.9. The molecule has 0 aliphatic carbocycles. The van der Waals surface area contributed by atoms with Gasteiger partial charge in [0.1, 0.15) is 11.4 Å². The van der Waals surface area contributed by atoms with Crippen LogP contribution in [0, 0.1) is 0 Å². The molecule has 0 aliphatic heterocycles. The van der Waals surface area contributed by atoms with Crippen molar-refractivity contribution >= 4 is 24.5 Å². The standard InChI is InChI=1S/C50H87O9P/c1-11-17-23-29-35-54-44-39-45(60(53,57-38-32-26-20-14-4)59-43(34-28-22-16-6)47(52)41(9)10)49(56-37-31-25-19-13-3)50(48(44)55-36-30-24-18-12-2)58-42(33-27-21-15-5)46(51)40(7)8/h39,42-43H,7,9,11-38H2,1-6,8,10H3. The van der Waals surface area contributed by atoms with Crippen LogP contribution in [0.1, 0.15) is 209 Å². The van der Waals surface area contributed by atoms with Crippen LogP contribution < -0.4 is 24.3 Å². The summed E-state index contributed by atoms with van der Waals surface area (Å²) in [4.78, 5) is 27.7. The number of hydrogen-bond donors (Lipinski definition) is 0. The second-order valence-corrected chi connectivity index (χ2v) is 18.4. The van der Waals surface area contributed by atoms with Gasteiger partial charge in [-0.05, 0) is 69.9 Å². The maximum absolute atomic E-state index is 15.9. The van der Waals surface area contributed by atoms with Gasteiger partial charge in [0.25, 0.3) is 0 Å². The molecule has 0 saturated carbocycles. The molecule has 1 aromatic carbocycles. The number of rotatable bonds is 41. The number of unbranched alkanes of at least 4 members (excludes halogenated alkanes) is 16. The van der Waals surface area contributed by atoms with Crippen LogP contribution in [0.2, 0.25) is 0 Å². The van der Waals surface area contributed by atoms with Crippen molar-refractivity contribution in [2.75, 3.05) is 26.4 Å². The first-order valence-electron chi connectivity index (χ1n) is 24.0. The Bertz CT molecular complexity index is 1410. The van der Waals surface area contributed by atoms with Crippen molar-refractivity contribution in [2.45, 2.75) is 222 Å². The third kappa shape index (κ3) is 21.5.